The highest BCUT2D eigenvalue weighted by Crippen LogP contribution is 2.60. The molecule has 1 amide bonds. The number of hydrogen-bond acceptors (Lipinski definition) is 9. The Morgan fingerprint density at radius 1 is 1.09 bits per heavy atom. The van der Waals surface area contributed by atoms with Crippen molar-refractivity contribution in [1.82, 2.24) is 4.90 Å². The molecule has 6 fully saturated rings. The Morgan fingerprint density at radius 2 is 1.86 bits per heavy atom. The zero-order valence-electron chi connectivity index (χ0n) is 20.4. The van der Waals surface area contributed by atoms with Crippen molar-refractivity contribution < 1.29 is 48.6 Å². The van der Waals surface area contributed by atoms with Gasteiger partial charge in [0.25, 0.3) is 0 Å². The fourth-order valence-electron chi connectivity index (χ4n) is 6.87. The second-order valence-electron chi connectivity index (χ2n) is 11.1. The van der Waals surface area contributed by atoms with E-state index in [4.69, 9.17) is 24.0 Å². The normalized spacial score (nSPS) is 46.6. The molecule has 10 atom stereocenters. The maximum absolute atomic E-state index is 12.7. The van der Waals surface area contributed by atoms with Crippen molar-refractivity contribution in [3.63, 3.8) is 0 Å². The second kappa shape index (κ2) is 8.95. The van der Waals surface area contributed by atoms with Crippen LogP contribution in [0.15, 0.2) is 0 Å². The molecule has 1 saturated carbocycles. The molecule has 5 saturated heterocycles. The Bertz CT molecular complexity index is 882. The van der Waals surface area contributed by atoms with Gasteiger partial charge in [-0.05, 0) is 38.0 Å². The Kier molecular flexibility index (Phi) is 6.36. The van der Waals surface area contributed by atoms with Gasteiger partial charge >= 0.3 is 11.9 Å². The standard InChI is InChI=1S/C24H35NO10/c1-12-4-5-16-13(2)21(32-22-24(16)15(12)8-9-23(3,33-22)34-35-24)31-19(28)7-6-18(27)25-11-14(26)10-17(25)20(29)30/h12-17,21-22,26H,4-11H2,1-3H3,(H,29,30)/t12-,13-,14+,15+,16+,17+,21-,22-,23+,24-/m1/s1. The fourth-order valence-corrected chi connectivity index (χ4v) is 6.87. The van der Waals surface area contributed by atoms with Crippen LogP contribution in [-0.2, 0) is 38.4 Å². The van der Waals surface area contributed by atoms with Gasteiger partial charge in [-0.25, -0.2) is 14.6 Å². The topological polar surface area (TPSA) is 141 Å². The van der Waals surface area contributed by atoms with Gasteiger partial charge in [0.1, 0.15) is 6.04 Å². The molecule has 5 heterocycles. The quantitative estimate of drug-likeness (QED) is 0.425. The van der Waals surface area contributed by atoms with Gasteiger partial charge < -0.3 is 29.3 Å². The van der Waals surface area contributed by atoms with Crippen LogP contribution < -0.4 is 0 Å². The van der Waals surface area contributed by atoms with Crippen LogP contribution in [-0.4, -0.2) is 75.6 Å². The molecule has 2 bridgehead atoms. The lowest BCUT2D eigenvalue weighted by Gasteiger charge is -2.59. The number of amides is 1. The molecule has 0 aromatic heterocycles. The van der Waals surface area contributed by atoms with E-state index in [0.717, 1.165) is 24.2 Å². The van der Waals surface area contributed by atoms with Crippen LogP contribution in [0, 0.1) is 23.7 Å². The van der Waals surface area contributed by atoms with Gasteiger partial charge in [-0.15, -0.1) is 0 Å². The van der Waals surface area contributed by atoms with E-state index in [1.54, 1.807) is 0 Å². The first-order valence-electron chi connectivity index (χ1n) is 12.6. The minimum absolute atomic E-state index is 0.00643. The highest BCUT2D eigenvalue weighted by Gasteiger charge is 2.69. The number of rotatable bonds is 5. The summed E-state index contributed by atoms with van der Waals surface area (Å²) in [6.07, 6.45) is 0.530. The number of likely N-dealkylation sites (tertiary alicyclic amines) is 1. The largest absolute Gasteiger partial charge is 0.480 e. The average Bonchev–Trinajstić information content (AvgIpc) is 3.06. The van der Waals surface area contributed by atoms with E-state index in [0.29, 0.717) is 12.3 Å². The summed E-state index contributed by atoms with van der Waals surface area (Å²) in [6, 6.07) is -1.08. The van der Waals surface area contributed by atoms with Crippen molar-refractivity contribution in [3.8, 4) is 0 Å². The Balaban J connectivity index is 1.24. The molecule has 2 N–H and O–H groups in total. The van der Waals surface area contributed by atoms with Gasteiger partial charge in [0.05, 0.1) is 12.5 Å². The number of hydrogen-bond donors (Lipinski definition) is 2. The van der Waals surface area contributed by atoms with Crippen LogP contribution in [0.4, 0.5) is 0 Å². The third kappa shape index (κ3) is 4.15. The predicted octanol–water partition coefficient (Wildman–Crippen LogP) is 1.56. The summed E-state index contributed by atoms with van der Waals surface area (Å²) in [5.74, 6) is -2.78. The van der Waals surface area contributed by atoms with Gasteiger partial charge in [0.15, 0.2) is 11.9 Å². The summed E-state index contributed by atoms with van der Waals surface area (Å²) < 4.78 is 18.2. The lowest BCUT2D eigenvalue weighted by molar-refractivity contribution is -0.576. The zero-order valence-corrected chi connectivity index (χ0v) is 20.4. The van der Waals surface area contributed by atoms with Crippen molar-refractivity contribution in [3.05, 3.63) is 0 Å². The number of aliphatic carboxylic acids is 1. The molecular formula is C24H35NO10. The van der Waals surface area contributed by atoms with E-state index >= 15 is 0 Å². The first-order valence-corrected chi connectivity index (χ1v) is 12.6. The monoisotopic (exact) mass is 497 g/mol. The number of β-amino-alcohol motifs (C(OH)–C–C–N with tert-alkyl or cyclic N) is 1. The molecule has 5 aliphatic heterocycles. The van der Waals surface area contributed by atoms with Crippen molar-refractivity contribution in [1.29, 1.82) is 0 Å². The molecule has 35 heavy (non-hydrogen) atoms. The summed E-state index contributed by atoms with van der Waals surface area (Å²) in [5.41, 5.74) is -0.756. The third-order valence-corrected chi connectivity index (χ3v) is 8.77. The Hall–Kier alpha value is -1.79. The summed E-state index contributed by atoms with van der Waals surface area (Å²) in [4.78, 5) is 49.6. The number of carbonyl (C=O) groups excluding carboxylic acids is 2. The number of fused-ring (bicyclic) bond motifs is 2. The molecule has 0 aromatic carbocycles. The van der Waals surface area contributed by atoms with Crippen molar-refractivity contribution in [2.45, 2.75) is 102 Å². The summed E-state index contributed by atoms with van der Waals surface area (Å²) >= 11 is 0. The maximum Gasteiger partial charge on any atom is 0.326 e. The lowest BCUT2D eigenvalue weighted by atomic mass is 9.58. The van der Waals surface area contributed by atoms with E-state index in [9.17, 15) is 24.6 Å². The molecule has 196 valence electrons. The molecule has 11 nitrogen and oxygen atoms in total. The van der Waals surface area contributed by atoms with Gasteiger partial charge in [-0.2, -0.15) is 0 Å². The van der Waals surface area contributed by atoms with Crippen LogP contribution in [0.5, 0.6) is 0 Å². The molecule has 11 heteroatoms. The highest BCUT2D eigenvalue weighted by atomic mass is 17.3. The number of aliphatic hydroxyl groups is 1. The van der Waals surface area contributed by atoms with E-state index in [1.165, 1.54) is 0 Å². The fraction of sp³-hybridized carbons (Fsp3) is 0.875. The van der Waals surface area contributed by atoms with Gasteiger partial charge in [-0.1, -0.05) is 13.8 Å². The maximum atomic E-state index is 12.7. The smallest absolute Gasteiger partial charge is 0.326 e. The molecular weight excluding hydrogens is 462 g/mol. The lowest BCUT2D eigenvalue weighted by Crippen LogP contribution is -2.70. The first-order chi connectivity index (χ1) is 16.5. The number of carboxylic acid groups (broad SMARTS) is 1. The number of ether oxygens (including phenoxy) is 3. The van der Waals surface area contributed by atoms with Crippen molar-refractivity contribution in [2.75, 3.05) is 6.54 Å². The first kappa shape index (κ1) is 24.9. The van der Waals surface area contributed by atoms with E-state index in [-0.39, 0.29) is 43.6 Å². The zero-order chi connectivity index (χ0) is 25.1. The third-order valence-electron chi connectivity index (χ3n) is 8.77. The molecule has 6 rings (SSSR count). The second-order valence-corrected chi connectivity index (χ2v) is 11.1. The Labute approximate surface area is 203 Å². The number of nitrogens with zero attached hydrogens (tertiary/aromatic N) is 1. The molecule has 0 unspecified atom stereocenters. The minimum Gasteiger partial charge on any atom is -0.480 e. The van der Waals surface area contributed by atoms with Crippen molar-refractivity contribution in [2.24, 2.45) is 23.7 Å². The number of esters is 1. The molecule has 6 aliphatic rings. The number of carboxylic acids is 1. The van der Waals surface area contributed by atoms with E-state index in [1.807, 2.05) is 13.8 Å². The van der Waals surface area contributed by atoms with Crippen molar-refractivity contribution >= 4 is 17.8 Å². The van der Waals surface area contributed by atoms with E-state index in [2.05, 4.69) is 6.92 Å². The minimum atomic E-state index is -1.17. The summed E-state index contributed by atoms with van der Waals surface area (Å²) in [5, 5.41) is 19.1. The number of aliphatic hydroxyl groups excluding tert-OH is 1. The van der Waals surface area contributed by atoms with E-state index < -0.39 is 54.0 Å². The summed E-state index contributed by atoms with van der Waals surface area (Å²) in [7, 11) is 0. The Morgan fingerprint density at radius 3 is 2.60 bits per heavy atom. The van der Waals surface area contributed by atoms with Crippen LogP contribution in [0.25, 0.3) is 0 Å². The highest BCUT2D eigenvalue weighted by molar-refractivity contribution is 5.86. The molecule has 0 radical (unpaired) electrons. The average molecular weight is 498 g/mol. The number of carbonyl (C=O) groups is 3. The van der Waals surface area contributed by atoms with Crippen LogP contribution >= 0.6 is 0 Å². The van der Waals surface area contributed by atoms with Gasteiger partial charge in [0, 0.05) is 37.6 Å². The van der Waals surface area contributed by atoms with Gasteiger partial charge in [0.2, 0.25) is 18.0 Å². The van der Waals surface area contributed by atoms with Crippen LogP contribution in [0.2, 0.25) is 0 Å². The molecule has 1 spiro atoms. The molecule has 1 aliphatic carbocycles. The SMILES string of the molecule is C[C@H]1[C@H](OC(=O)CCC(=O)N2C[C@@H](O)C[C@H]2C(=O)O)O[C@@H]2O[C@]3(C)CC[C@H]4[C@H](C)CC[C@@H]1[C@@]24OO3. The van der Waals surface area contributed by atoms with Crippen LogP contribution in [0.1, 0.15) is 65.7 Å². The summed E-state index contributed by atoms with van der Waals surface area (Å²) in [6.45, 7) is 5.96. The van der Waals surface area contributed by atoms with Gasteiger partial charge in [-0.3, -0.25) is 9.59 Å². The molecule has 0 aromatic rings. The van der Waals surface area contributed by atoms with Crippen LogP contribution in [0.3, 0.4) is 0 Å². The predicted molar refractivity (Wildman–Crippen MR) is 116 cm³/mol.